The summed E-state index contributed by atoms with van der Waals surface area (Å²) in [4.78, 5) is 21.4. The SMILES string of the molecule is CC1CCCCN1CCCCNC(=O)C1CCN(c2oc(-c3ccco3)nc2C#N)CC1. The van der Waals surface area contributed by atoms with E-state index in [1.54, 1.807) is 18.4 Å². The van der Waals surface area contributed by atoms with Crippen molar-refractivity contribution in [3.05, 3.63) is 24.1 Å². The number of likely N-dealkylation sites (tertiary alicyclic amines) is 1. The summed E-state index contributed by atoms with van der Waals surface area (Å²) in [6.07, 6.45) is 9.14. The molecule has 2 aliphatic heterocycles. The molecule has 4 rings (SSSR count). The number of nitriles is 1. The molecule has 1 N–H and O–H groups in total. The molecule has 1 unspecified atom stereocenters. The Kier molecular flexibility index (Phi) is 7.48. The normalized spacial score (nSPS) is 20.2. The van der Waals surface area contributed by atoms with Gasteiger partial charge in [-0.15, -0.1) is 0 Å². The van der Waals surface area contributed by atoms with Crippen LogP contribution in [0.5, 0.6) is 0 Å². The molecule has 2 fully saturated rings. The lowest BCUT2D eigenvalue weighted by atomic mass is 9.96. The number of carbonyl (C=O) groups is 1. The van der Waals surface area contributed by atoms with Crippen molar-refractivity contribution in [2.24, 2.45) is 5.92 Å². The third kappa shape index (κ3) is 5.33. The molecule has 0 aliphatic carbocycles. The van der Waals surface area contributed by atoms with E-state index in [0.717, 1.165) is 38.8 Å². The number of unbranched alkanes of at least 4 members (excludes halogenated alkanes) is 1. The summed E-state index contributed by atoms with van der Waals surface area (Å²) in [6.45, 7) is 6.73. The van der Waals surface area contributed by atoms with Crippen LogP contribution in [-0.4, -0.2) is 54.6 Å². The Hall–Kier alpha value is -2.79. The molecule has 0 bridgehead atoms. The maximum atomic E-state index is 12.6. The first kappa shape index (κ1) is 22.4. The van der Waals surface area contributed by atoms with Gasteiger partial charge in [0.05, 0.1) is 6.26 Å². The summed E-state index contributed by atoms with van der Waals surface area (Å²) in [5, 5.41) is 12.6. The fourth-order valence-corrected chi connectivity index (χ4v) is 4.74. The fraction of sp³-hybridized carbons (Fsp3) is 0.625. The largest absolute Gasteiger partial charge is 0.459 e. The maximum absolute atomic E-state index is 12.6. The number of amides is 1. The van der Waals surface area contributed by atoms with E-state index < -0.39 is 0 Å². The lowest BCUT2D eigenvalue weighted by Crippen LogP contribution is -2.41. The van der Waals surface area contributed by atoms with Crippen molar-refractivity contribution in [1.29, 1.82) is 5.26 Å². The topological polar surface area (TPSA) is 98.5 Å². The zero-order valence-electron chi connectivity index (χ0n) is 18.9. The molecular weight excluding hydrogens is 406 g/mol. The first-order valence-corrected chi connectivity index (χ1v) is 11.9. The Labute approximate surface area is 189 Å². The smallest absolute Gasteiger partial charge is 0.266 e. The highest BCUT2D eigenvalue weighted by molar-refractivity contribution is 5.79. The molecule has 8 heteroatoms. The van der Waals surface area contributed by atoms with Gasteiger partial charge in [-0.2, -0.15) is 10.2 Å². The minimum absolute atomic E-state index is 0.00590. The van der Waals surface area contributed by atoms with E-state index in [0.29, 0.717) is 36.7 Å². The lowest BCUT2D eigenvalue weighted by Gasteiger charge is -2.33. The van der Waals surface area contributed by atoms with Gasteiger partial charge in [0.25, 0.3) is 5.89 Å². The minimum Gasteiger partial charge on any atom is -0.459 e. The maximum Gasteiger partial charge on any atom is 0.266 e. The Bertz CT molecular complexity index is 909. The molecule has 172 valence electrons. The van der Waals surface area contributed by atoms with Gasteiger partial charge in [-0.25, -0.2) is 0 Å². The monoisotopic (exact) mass is 439 g/mol. The Morgan fingerprint density at radius 1 is 1.25 bits per heavy atom. The molecule has 8 nitrogen and oxygen atoms in total. The highest BCUT2D eigenvalue weighted by Gasteiger charge is 2.29. The van der Waals surface area contributed by atoms with Crippen LogP contribution in [0.3, 0.4) is 0 Å². The molecule has 1 amide bonds. The summed E-state index contributed by atoms with van der Waals surface area (Å²) < 4.78 is 11.2. The zero-order valence-corrected chi connectivity index (χ0v) is 18.9. The first-order valence-electron chi connectivity index (χ1n) is 11.9. The molecule has 4 heterocycles. The number of oxazole rings is 1. The molecule has 1 atom stereocenters. The van der Waals surface area contributed by atoms with Gasteiger partial charge in [-0.3, -0.25) is 4.79 Å². The highest BCUT2D eigenvalue weighted by Crippen LogP contribution is 2.31. The van der Waals surface area contributed by atoms with Crippen LogP contribution in [0.15, 0.2) is 27.2 Å². The summed E-state index contributed by atoms with van der Waals surface area (Å²) >= 11 is 0. The number of hydrogen-bond acceptors (Lipinski definition) is 7. The third-order valence-electron chi connectivity index (χ3n) is 6.71. The average molecular weight is 440 g/mol. The Balaban J connectivity index is 1.19. The number of hydrogen-bond donors (Lipinski definition) is 1. The number of nitrogens with zero attached hydrogens (tertiary/aromatic N) is 4. The van der Waals surface area contributed by atoms with E-state index in [4.69, 9.17) is 8.83 Å². The van der Waals surface area contributed by atoms with E-state index in [1.165, 1.54) is 25.8 Å². The summed E-state index contributed by atoms with van der Waals surface area (Å²) in [6, 6.07) is 6.31. The van der Waals surface area contributed by atoms with Gasteiger partial charge in [-0.1, -0.05) is 6.42 Å². The van der Waals surface area contributed by atoms with Crippen LogP contribution in [0.2, 0.25) is 0 Å². The van der Waals surface area contributed by atoms with Crippen LogP contribution in [0.1, 0.15) is 57.6 Å². The van der Waals surface area contributed by atoms with E-state index in [9.17, 15) is 10.1 Å². The number of carbonyl (C=O) groups excluding carboxylic acids is 1. The molecule has 2 aromatic heterocycles. The molecule has 2 aliphatic rings. The van der Waals surface area contributed by atoms with Gasteiger partial charge in [0.2, 0.25) is 17.5 Å². The second-order valence-corrected chi connectivity index (χ2v) is 8.90. The summed E-state index contributed by atoms with van der Waals surface area (Å²) in [5.74, 6) is 1.42. The van der Waals surface area contributed by atoms with Crippen molar-refractivity contribution in [3.63, 3.8) is 0 Å². The van der Waals surface area contributed by atoms with Crippen LogP contribution >= 0.6 is 0 Å². The van der Waals surface area contributed by atoms with Crippen LogP contribution < -0.4 is 10.2 Å². The molecule has 0 radical (unpaired) electrons. The first-order chi connectivity index (χ1) is 15.7. The average Bonchev–Trinajstić information content (AvgIpc) is 3.50. The van der Waals surface area contributed by atoms with Gasteiger partial charge in [0.1, 0.15) is 6.07 Å². The molecule has 0 saturated carbocycles. The van der Waals surface area contributed by atoms with E-state index in [-0.39, 0.29) is 17.5 Å². The molecule has 0 aromatic carbocycles. The van der Waals surface area contributed by atoms with E-state index in [1.807, 2.05) is 4.90 Å². The standard InChI is InChI=1S/C24H33N5O3/c1-18-7-2-4-12-28(18)13-5-3-11-26-22(30)19-9-14-29(15-10-19)24-20(17-25)27-23(32-24)21-8-6-16-31-21/h6,8,16,18-19H,2-5,7,9-15H2,1H3,(H,26,30). The van der Waals surface area contributed by atoms with Crippen LogP contribution in [0.25, 0.3) is 11.7 Å². The zero-order chi connectivity index (χ0) is 22.3. The quantitative estimate of drug-likeness (QED) is 0.625. The molecule has 2 aromatic rings. The Morgan fingerprint density at radius 2 is 2.09 bits per heavy atom. The summed E-state index contributed by atoms with van der Waals surface area (Å²) in [5.41, 5.74) is 0.252. The lowest BCUT2D eigenvalue weighted by molar-refractivity contribution is -0.125. The highest BCUT2D eigenvalue weighted by atomic mass is 16.4. The van der Waals surface area contributed by atoms with Crippen molar-refractivity contribution in [2.75, 3.05) is 37.6 Å². The minimum atomic E-state index is 0.00590. The van der Waals surface area contributed by atoms with Gasteiger partial charge in [0, 0.05) is 31.6 Å². The number of furan rings is 1. The van der Waals surface area contributed by atoms with Gasteiger partial charge in [0.15, 0.2) is 5.76 Å². The van der Waals surface area contributed by atoms with E-state index in [2.05, 4.69) is 28.2 Å². The molecule has 32 heavy (non-hydrogen) atoms. The predicted octanol–water partition coefficient (Wildman–Crippen LogP) is 3.79. The van der Waals surface area contributed by atoms with Crippen LogP contribution in [0.4, 0.5) is 5.88 Å². The molecule has 2 saturated heterocycles. The molecule has 0 spiro atoms. The van der Waals surface area contributed by atoms with Crippen molar-refractivity contribution in [3.8, 4) is 17.7 Å². The number of piperidine rings is 2. The number of aromatic nitrogens is 1. The third-order valence-corrected chi connectivity index (χ3v) is 6.71. The number of rotatable bonds is 8. The molecular formula is C24H33N5O3. The Morgan fingerprint density at radius 3 is 2.81 bits per heavy atom. The second-order valence-electron chi connectivity index (χ2n) is 8.90. The summed E-state index contributed by atoms with van der Waals surface area (Å²) in [7, 11) is 0. The predicted molar refractivity (Wildman–Crippen MR) is 121 cm³/mol. The van der Waals surface area contributed by atoms with Crippen molar-refractivity contribution in [2.45, 2.75) is 57.9 Å². The second kappa shape index (κ2) is 10.7. The van der Waals surface area contributed by atoms with Crippen LogP contribution in [-0.2, 0) is 4.79 Å². The van der Waals surface area contributed by atoms with Gasteiger partial charge < -0.3 is 24.0 Å². The van der Waals surface area contributed by atoms with Crippen molar-refractivity contribution >= 4 is 11.8 Å². The van der Waals surface area contributed by atoms with E-state index >= 15 is 0 Å². The van der Waals surface area contributed by atoms with Gasteiger partial charge >= 0.3 is 0 Å². The van der Waals surface area contributed by atoms with Gasteiger partial charge in [-0.05, 0) is 70.7 Å². The van der Waals surface area contributed by atoms with Crippen molar-refractivity contribution < 1.29 is 13.6 Å². The van der Waals surface area contributed by atoms with Crippen LogP contribution in [0, 0.1) is 17.2 Å². The van der Waals surface area contributed by atoms with Crippen molar-refractivity contribution in [1.82, 2.24) is 15.2 Å². The fourth-order valence-electron chi connectivity index (χ4n) is 4.74. The number of anilines is 1. The number of nitrogens with one attached hydrogen (secondary N) is 1.